The second-order valence-corrected chi connectivity index (χ2v) is 6.81. The van der Waals surface area contributed by atoms with Crippen molar-refractivity contribution < 1.29 is 4.74 Å². The normalized spacial score (nSPS) is 11.0. The summed E-state index contributed by atoms with van der Waals surface area (Å²) >= 11 is 0. The van der Waals surface area contributed by atoms with Crippen molar-refractivity contribution in [1.82, 2.24) is 9.78 Å². The third-order valence-electron chi connectivity index (χ3n) is 4.81. The topological polar surface area (TPSA) is 50.8 Å². The first-order valence-corrected chi connectivity index (χ1v) is 9.59. The molecule has 0 fully saturated rings. The van der Waals surface area contributed by atoms with E-state index in [9.17, 15) is 0 Å². The Morgan fingerprint density at radius 3 is 2.72 bits per heavy atom. The summed E-state index contributed by atoms with van der Waals surface area (Å²) in [5.74, 6) is 0.866. The fourth-order valence-corrected chi connectivity index (χ4v) is 3.38. The molecule has 3 aromatic carbocycles. The molecule has 4 nitrogen and oxygen atoms in total. The minimum atomic E-state index is 0.566. The van der Waals surface area contributed by atoms with Gasteiger partial charge >= 0.3 is 0 Å². The summed E-state index contributed by atoms with van der Waals surface area (Å²) in [6.07, 6.45) is 7.85. The van der Waals surface area contributed by atoms with E-state index in [-0.39, 0.29) is 0 Å². The molecular formula is C25H21N3O. The van der Waals surface area contributed by atoms with Crippen LogP contribution in [-0.4, -0.2) is 16.4 Å². The van der Waals surface area contributed by atoms with Crippen LogP contribution in [0.1, 0.15) is 16.7 Å². The summed E-state index contributed by atoms with van der Waals surface area (Å²) in [6.45, 7) is 1.28. The van der Waals surface area contributed by atoms with Crippen LogP contribution >= 0.6 is 0 Å². The minimum Gasteiger partial charge on any atom is -0.493 e. The number of hydrogen-bond donors (Lipinski definition) is 0. The van der Waals surface area contributed by atoms with E-state index >= 15 is 0 Å². The third kappa shape index (κ3) is 4.72. The van der Waals surface area contributed by atoms with Gasteiger partial charge in [-0.1, -0.05) is 48.5 Å². The molecule has 0 unspecified atom stereocenters. The van der Waals surface area contributed by atoms with Crippen LogP contribution in [-0.2, 0) is 13.0 Å². The van der Waals surface area contributed by atoms with E-state index in [1.54, 1.807) is 6.20 Å². The predicted molar refractivity (Wildman–Crippen MR) is 116 cm³/mol. The summed E-state index contributed by atoms with van der Waals surface area (Å²) < 4.78 is 7.91. The summed E-state index contributed by atoms with van der Waals surface area (Å²) in [4.78, 5) is 0. The smallest absolute Gasteiger partial charge is 0.119 e. The van der Waals surface area contributed by atoms with Crippen molar-refractivity contribution in [3.05, 3.63) is 102 Å². The van der Waals surface area contributed by atoms with Gasteiger partial charge in [0.1, 0.15) is 5.75 Å². The number of hydrogen-bond acceptors (Lipinski definition) is 3. The molecule has 0 aliphatic rings. The lowest BCUT2D eigenvalue weighted by Crippen LogP contribution is -2.05. The molecule has 142 valence electrons. The number of nitriles is 1. The van der Waals surface area contributed by atoms with E-state index in [1.165, 1.54) is 22.4 Å². The Kier molecular flexibility index (Phi) is 5.68. The van der Waals surface area contributed by atoms with Gasteiger partial charge in [0.25, 0.3) is 0 Å². The molecule has 1 heterocycles. The lowest BCUT2D eigenvalue weighted by atomic mass is 10.0. The van der Waals surface area contributed by atoms with Crippen LogP contribution in [0.5, 0.6) is 5.75 Å². The van der Waals surface area contributed by atoms with Crippen LogP contribution in [0.2, 0.25) is 0 Å². The molecule has 4 aromatic rings. The second-order valence-electron chi connectivity index (χ2n) is 6.81. The number of nitrogens with zero attached hydrogens (tertiary/aromatic N) is 3. The summed E-state index contributed by atoms with van der Waals surface area (Å²) in [5, 5.41) is 15.5. The Hall–Kier alpha value is -3.84. The first-order valence-electron chi connectivity index (χ1n) is 9.59. The number of ether oxygens (including phenoxy) is 1. The lowest BCUT2D eigenvalue weighted by molar-refractivity contribution is 0.322. The average molecular weight is 379 g/mol. The van der Waals surface area contributed by atoms with Gasteiger partial charge in [-0.15, -0.1) is 0 Å². The maximum atomic E-state index is 8.88. The number of benzene rings is 3. The zero-order chi connectivity index (χ0) is 19.9. The van der Waals surface area contributed by atoms with Crippen LogP contribution < -0.4 is 4.74 Å². The van der Waals surface area contributed by atoms with Gasteiger partial charge in [0, 0.05) is 24.9 Å². The van der Waals surface area contributed by atoms with Gasteiger partial charge in [0.2, 0.25) is 0 Å². The van der Waals surface area contributed by atoms with Crippen molar-refractivity contribution in [2.75, 3.05) is 6.61 Å². The Morgan fingerprint density at radius 1 is 1.00 bits per heavy atom. The molecule has 0 radical (unpaired) electrons. The van der Waals surface area contributed by atoms with E-state index < -0.39 is 0 Å². The van der Waals surface area contributed by atoms with Crippen LogP contribution in [0, 0.1) is 11.3 Å². The molecule has 0 spiro atoms. The Balaban J connectivity index is 1.48. The maximum Gasteiger partial charge on any atom is 0.119 e. The predicted octanol–water partition coefficient (Wildman–Crippen LogP) is 5.24. The highest BCUT2D eigenvalue weighted by Crippen LogP contribution is 2.21. The Bertz CT molecular complexity index is 1170. The zero-order valence-electron chi connectivity index (χ0n) is 16.0. The number of allylic oxidation sites excluding steroid dienone is 1. The van der Waals surface area contributed by atoms with E-state index in [4.69, 9.17) is 10.00 Å². The van der Waals surface area contributed by atoms with Crippen LogP contribution in [0.4, 0.5) is 0 Å². The van der Waals surface area contributed by atoms with Crippen molar-refractivity contribution >= 4 is 16.8 Å². The minimum absolute atomic E-state index is 0.566. The van der Waals surface area contributed by atoms with Gasteiger partial charge < -0.3 is 4.74 Å². The quantitative estimate of drug-likeness (QED) is 0.413. The monoisotopic (exact) mass is 379 g/mol. The largest absolute Gasteiger partial charge is 0.493 e. The molecule has 0 amide bonds. The van der Waals surface area contributed by atoms with Crippen LogP contribution in [0.25, 0.3) is 16.8 Å². The maximum absolute atomic E-state index is 8.88. The molecule has 0 saturated heterocycles. The van der Waals surface area contributed by atoms with Gasteiger partial charge in [-0.25, -0.2) is 0 Å². The lowest BCUT2D eigenvalue weighted by Gasteiger charge is -2.11. The van der Waals surface area contributed by atoms with E-state index in [1.807, 2.05) is 41.2 Å². The summed E-state index contributed by atoms with van der Waals surface area (Å²) in [5.41, 5.74) is 3.36. The highest BCUT2D eigenvalue weighted by atomic mass is 16.5. The van der Waals surface area contributed by atoms with Gasteiger partial charge in [-0.2, -0.15) is 10.4 Å². The SMILES string of the molecule is N#C/C=C/c1ccc(Cn2cccn2)cc1CCOc1ccc2ccccc2c1. The molecule has 0 saturated carbocycles. The van der Waals surface area contributed by atoms with Crippen molar-refractivity contribution in [2.24, 2.45) is 0 Å². The first kappa shape index (κ1) is 18.5. The van der Waals surface area contributed by atoms with Crippen molar-refractivity contribution in [3.63, 3.8) is 0 Å². The van der Waals surface area contributed by atoms with E-state index in [0.29, 0.717) is 13.2 Å². The van der Waals surface area contributed by atoms with Crippen LogP contribution in [0.3, 0.4) is 0 Å². The van der Waals surface area contributed by atoms with Gasteiger partial charge in [0.15, 0.2) is 0 Å². The highest BCUT2D eigenvalue weighted by molar-refractivity contribution is 5.83. The molecule has 0 aliphatic carbocycles. The van der Waals surface area contributed by atoms with Gasteiger partial charge in [-0.05, 0) is 51.7 Å². The highest BCUT2D eigenvalue weighted by Gasteiger charge is 2.05. The average Bonchev–Trinajstić information content (AvgIpc) is 3.26. The van der Waals surface area contributed by atoms with Crippen molar-refractivity contribution in [1.29, 1.82) is 5.26 Å². The molecule has 0 N–H and O–H groups in total. The summed E-state index contributed by atoms with van der Waals surface area (Å²) in [7, 11) is 0. The van der Waals surface area contributed by atoms with Crippen molar-refractivity contribution in [3.8, 4) is 11.8 Å². The van der Waals surface area contributed by atoms with Gasteiger partial charge in [0.05, 0.1) is 19.2 Å². The second kappa shape index (κ2) is 8.90. The number of aromatic nitrogens is 2. The Labute approximate surface area is 170 Å². The fraction of sp³-hybridized carbons (Fsp3) is 0.120. The third-order valence-corrected chi connectivity index (χ3v) is 4.81. The molecule has 0 aliphatic heterocycles. The molecule has 0 bridgehead atoms. The standard InChI is InChI=1S/C25H21N3O/c26-13-3-7-22-9-8-20(19-28-15-4-14-27-28)17-24(22)12-16-29-25-11-10-21-5-1-2-6-23(21)18-25/h1-11,14-15,17-18H,12,16,19H2/b7-3+. The Morgan fingerprint density at radius 2 is 1.90 bits per heavy atom. The molecule has 29 heavy (non-hydrogen) atoms. The summed E-state index contributed by atoms with van der Waals surface area (Å²) in [6, 6.07) is 24.7. The zero-order valence-corrected chi connectivity index (χ0v) is 16.0. The molecule has 4 heteroatoms. The molecule has 0 atom stereocenters. The van der Waals surface area contributed by atoms with E-state index in [0.717, 1.165) is 23.3 Å². The first-order chi connectivity index (χ1) is 14.3. The van der Waals surface area contributed by atoms with E-state index in [2.05, 4.69) is 53.6 Å². The molecule has 4 rings (SSSR count). The number of rotatable bonds is 7. The number of fused-ring (bicyclic) bond motifs is 1. The van der Waals surface area contributed by atoms with Crippen molar-refractivity contribution in [2.45, 2.75) is 13.0 Å². The molecule has 1 aromatic heterocycles. The van der Waals surface area contributed by atoms with Gasteiger partial charge in [-0.3, -0.25) is 4.68 Å². The van der Waals surface area contributed by atoms with Crippen LogP contribution in [0.15, 0.2) is 85.2 Å². The molecular weight excluding hydrogens is 358 g/mol. The fourth-order valence-electron chi connectivity index (χ4n) is 3.38.